The minimum Gasteiger partial charge on any atom is -0.444 e. The van der Waals surface area contributed by atoms with Crippen LogP contribution in [-0.4, -0.2) is 73.2 Å². The first kappa shape index (κ1) is 31.7. The van der Waals surface area contributed by atoms with Crippen LogP contribution >= 0.6 is 0 Å². The first-order valence-corrected chi connectivity index (χ1v) is 16.5. The normalized spacial score (nSPS) is 17.9. The molecular weight excluding hydrogens is 582 g/mol. The van der Waals surface area contributed by atoms with Crippen molar-refractivity contribution in [3.8, 4) is 11.5 Å². The Morgan fingerprint density at radius 1 is 1.04 bits per heavy atom. The average Bonchev–Trinajstić information content (AvgIpc) is 3.77. The predicted molar refractivity (Wildman–Crippen MR) is 176 cm³/mol. The Hall–Kier alpha value is -4.25. The molecule has 0 saturated carbocycles. The lowest BCUT2D eigenvalue weighted by Gasteiger charge is -2.33. The number of carbonyl (C=O) groups is 2. The third-order valence-electron chi connectivity index (χ3n) is 8.97. The second-order valence-corrected chi connectivity index (χ2v) is 13.7. The third kappa shape index (κ3) is 7.93. The van der Waals surface area contributed by atoms with Crippen LogP contribution in [0.25, 0.3) is 22.5 Å². The van der Waals surface area contributed by atoms with Crippen molar-refractivity contribution < 1.29 is 18.8 Å². The Kier molecular flexibility index (Phi) is 9.39. The van der Waals surface area contributed by atoms with Crippen LogP contribution in [0.5, 0.6) is 0 Å². The van der Waals surface area contributed by atoms with Crippen LogP contribution < -0.4 is 5.32 Å². The molecule has 0 unspecified atom stereocenters. The number of nitrogens with one attached hydrogen (secondary N) is 2. The molecule has 1 atom stereocenters. The summed E-state index contributed by atoms with van der Waals surface area (Å²) < 4.78 is 11.0. The van der Waals surface area contributed by atoms with E-state index in [0.717, 1.165) is 80.7 Å². The smallest absolute Gasteiger partial charge is 0.410 e. The fourth-order valence-corrected chi connectivity index (χ4v) is 6.35. The van der Waals surface area contributed by atoms with Gasteiger partial charge in [0.15, 0.2) is 5.82 Å². The van der Waals surface area contributed by atoms with Gasteiger partial charge in [0.1, 0.15) is 11.4 Å². The van der Waals surface area contributed by atoms with Crippen molar-refractivity contribution in [3.05, 3.63) is 59.7 Å². The van der Waals surface area contributed by atoms with Gasteiger partial charge in [-0.15, -0.1) is 0 Å². The molecule has 4 aromatic rings. The highest BCUT2D eigenvalue weighted by molar-refractivity contribution is 6.05. The summed E-state index contributed by atoms with van der Waals surface area (Å²) in [5.74, 6) is 2.44. The molecule has 2 saturated heterocycles. The zero-order valence-electron chi connectivity index (χ0n) is 27.3. The van der Waals surface area contributed by atoms with E-state index < -0.39 is 5.60 Å². The molecule has 0 aliphatic carbocycles. The number of anilines is 1. The quantitative estimate of drug-likeness (QED) is 0.207. The van der Waals surface area contributed by atoms with Gasteiger partial charge in [0.25, 0.3) is 11.8 Å². The fraction of sp³-hybridized carbons (Fsp3) is 0.514. The maximum absolute atomic E-state index is 13.0. The number of carbonyl (C=O) groups excluding carboxylic acids is 2. The van der Waals surface area contributed by atoms with Crippen molar-refractivity contribution in [2.45, 2.75) is 90.8 Å². The molecule has 2 aliphatic heterocycles. The number of imidazole rings is 1. The minimum atomic E-state index is -0.470. The second kappa shape index (κ2) is 13.6. The number of aromatic amines is 1. The molecule has 2 amide bonds. The first-order chi connectivity index (χ1) is 22.1. The van der Waals surface area contributed by atoms with Crippen LogP contribution in [0, 0.1) is 5.92 Å². The zero-order chi connectivity index (χ0) is 32.3. The number of hydrogen-bond acceptors (Lipinski definition) is 8. The highest BCUT2D eigenvalue weighted by Crippen LogP contribution is 2.26. The van der Waals surface area contributed by atoms with Gasteiger partial charge >= 0.3 is 6.09 Å². The number of aryl methyl sites for hydroxylation is 1. The standard InChI is InChI=1S/C35H45N7O4/c1-23-7-6-18-42(23)22-31-37-28-15-14-27(21-29(28)38-31)36-32(43)25-10-12-26(13-11-25)33-39-30(40-46-33)9-5-8-24-16-19-41(20-17-24)34(44)45-35(2,3)4/h10-15,21,23-24H,5-9,16-20,22H2,1-4H3,(H,36,43)(H,37,38)/t23-/m0/s1. The predicted octanol–water partition coefficient (Wildman–Crippen LogP) is 6.82. The van der Waals surface area contributed by atoms with Gasteiger partial charge in [0.05, 0.1) is 17.6 Å². The number of likely N-dealkylation sites (tertiary alicyclic amines) is 2. The minimum absolute atomic E-state index is 0.198. The molecule has 11 nitrogen and oxygen atoms in total. The summed E-state index contributed by atoms with van der Waals surface area (Å²) in [6.45, 7) is 11.3. The molecule has 2 aliphatic rings. The summed E-state index contributed by atoms with van der Waals surface area (Å²) in [6, 6.07) is 13.5. The summed E-state index contributed by atoms with van der Waals surface area (Å²) in [5.41, 5.74) is 3.33. The van der Waals surface area contributed by atoms with Crippen LogP contribution in [0.4, 0.5) is 10.5 Å². The summed E-state index contributed by atoms with van der Waals surface area (Å²) in [6.07, 6.45) is 6.95. The van der Waals surface area contributed by atoms with E-state index in [4.69, 9.17) is 14.2 Å². The van der Waals surface area contributed by atoms with Gasteiger partial charge in [-0.3, -0.25) is 9.69 Å². The number of benzene rings is 2. The highest BCUT2D eigenvalue weighted by Gasteiger charge is 2.27. The average molecular weight is 628 g/mol. The number of amides is 2. The van der Waals surface area contributed by atoms with Crippen LogP contribution in [0.1, 0.15) is 88.2 Å². The number of aromatic nitrogens is 4. The van der Waals surface area contributed by atoms with Gasteiger partial charge in [-0.05, 0) is 121 Å². The molecular formula is C35H45N7O4. The number of fused-ring (bicyclic) bond motifs is 1. The lowest BCUT2D eigenvalue weighted by atomic mass is 9.91. The molecule has 0 bridgehead atoms. The number of hydrogen-bond donors (Lipinski definition) is 2. The number of nitrogens with zero attached hydrogens (tertiary/aromatic N) is 5. The monoisotopic (exact) mass is 627 g/mol. The first-order valence-electron chi connectivity index (χ1n) is 16.5. The topological polar surface area (TPSA) is 129 Å². The van der Waals surface area contributed by atoms with Crippen LogP contribution in [-0.2, 0) is 17.7 Å². The van der Waals surface area contributed by atoms with Crippen molar-refractivity contribution >= 4 is 28.7 Å². The van der Waals surface area contributed by atoms with Crippen LogP contribution in [0.3, 0.4) is 0 Å². The molecule has 2 fully saturated rings. The Labute approximate surface area is 270 Å². The van der Waals surface area contributed by atoms with Gasteiger partial charge < -0.3 is 24.5 Å². The largest absolute Gasteiger partial charge is 0.444 e. The number of ether oxygens (including phenoxy) is 1. The molecule has 0 spiro atoms. The maximum Gasteiger partial charge on any atom is 0.410 e. The van der Waals surface area contributed by atoms with Gasteiger partial charge in [-0.2, -0.15) is 4.98 Å². The van der Waals surface area contributed by atoms with E-state index in [1.165, 1.54) is 12.8 Å². The number of piperidine rings is 1. The number of rotatable bonds is 9. The van der Waals surface area contributed by atoms with Crippen molar-refractivity contribution in [2.24, 2.45) is 5.92 Å². The van der Waals surface area contributed by atoms with E-state index in [2.05, 4.69) is 32.3 Å². The van der Waals surface area contributed by atoms with Crippen LogP contribution in [0.15, 0.2) is 47.0 Å². The van der Waals surface area contributed by atoms with E-state index in [0.29, 0.717) is 34.9 Å². The molecule has 4 heterocycles. The fourth-order valence-electron chi connectivity index (χ4n) is 6.35. The maximum atomic E-state index is 13.0. The Balaban J connectivity index is 0.964. The lowest BCUT2D eigenvalue weighted by molar-refractivity contribution is 0.0180. The van der Waals surface area contributed by atoms with E-state index in [-0.39, 0.29) is 12.0 Å². The Morgan fingerprint density at radius 3 is 2.54 bits per heavy atom. The van der Waals surface area contributed by atoms with Crippen molar-refractivity contribution in [1.82, 2.24) is 29.9 Å². The van der Waals surface area contributed by atoms with Crippen molar-refractivity contribution in [3.63, 3.8) is 0 Å². The molecule has 2 N–H and O–H groups in total. The Bertz CT molecular complexity index is 1650. The Morgan fingerprint density at radius 2 is 1.83 bits per heavy atom. The number of H-pyrrole nitrogens is 1. The molecule has 244 valence electrons. The van der Waals surface area contributed by atoms with Crippen LogP contribution in [0.2, 0.25) is 0 Å². The summed E-state index contributed by atoms with van der Waals surface area (Å²) >= 11 is 0. The van der Waals surface area contributed by atoms with E-state index in [1.54, 1.807) is 12.1 Å². The molecule has 2 aromatic carbocycles. The molecule has 46 heavy (non-hydrogen) atoms. The van der Waals surface area contributed by atoms with Crippen molar-refractivity contribution in [1.29, 1.82) is 0 Å². The van der Waals surface area contributed by atoms with Gasteiger partial charge in [-0.1, -0.05) is 5.16 Å². The molecule has 6 rings (SSSR count). The third-order valence-corrected chi connectivity index (χ3v) is 8.97. The summed E-state index contributed by atoms with van der Waals surface area (Å²) in [4.78, 5) is 42.3. The summed E-state index contributed by atoms with van der Waals surface area (Å²) in [7, 11) is 0. The van der Waals surface area contributed by atoms with E-state index in [1.807, 2.05) is 56.0 Å². The van der Waals surface area contributed by atoms with Gasteiger partial charge in [0.2, 0.25) is 0 Å². The van der Waals surface area contributed by atoms with Crippen molar-refractivity contribution in [2.75, 3.05) is 25.0 Å². The van der Waals surface area contributed by atoms with E-state index >= 15 is 0 Å². The van der Waals surface area contributed by atoms with Gasteiger partial charge in [-0.25, -0.2) is 9.78 Å². The van der Waals surface area contributed by atoms with E-state index in [9.17, 15) is 9.59 Å². The lowest BCUT2D eigenvalue weighted by Crippen LogP contribution is -2.41. The summed E-state index contributed by atoms with van der Waals surface area (Å²) in [5, 5.41) is 7.16. The molecule has 11 heteroatoms. The second-order valence-electron chi connectivity index (χ2n) is 13.7. The highest BCUT2D eigenvalue weighted by atomic mass is 16.6. The SMILES string of the molecule is C[C@H]1CCCN1Cc1nc2cc(NC(=O)c3ccc(-c4nc(CCCC5CCN(C(=O)OC(C)(C)C)CC5)no4)cc3)ccc2[nH]1. The zero-order valence-corrected chi connectivity index (χ0v) is 27.3. The van der Waals surface area contributed by atoms with Gasteiger partial charge in [0, 0.05) is 42.4 Å². The molecule has 0 radical (unpaired) electrons. The molecule has 2 aromatic heterocycles.